The summed E-state index contributed by atoms with van der Waals surface area (Å²) in [7, 11) is 0. The smallest absolute Gasteiger partial charge is 0.252 e. The van der Waals surface area contributed by atoms with Gasteiger partial charge in [0.25, 0.3) is 5.91 Å². The summed E-state index contributed by atoms with van der Waals surface area (Å²) in [5, 5.41) is 4.04. The standard InChI is InChI=1S/C10H10BrN5O/c1-5-2-3-14-10(7(5)9(13)17)16-4-6(11)8(12)15-16/h2-4H,1H3,(H2,12,15)(H2,13,17). The molecule has 2 heterocycles. The summed E-state index contributed by atoms with van der Waals surface area (Å²) in [6.07, 6.45) is 3.21. The molecule has 0 radical (unpaired) electrons. The Morgan fingerprint density at radius 3 is 2.76 bits per heavy atom. The van der Waals surface area contributed by atoms with Crippen molar-refractivity contribution in [1.29, 1.82) is 0 Å². The van der Waals surface area contributed by atoms with Crippen molar-refractivity contribution in [3.05, 3.63) is 34.1 Å². The molecule has 0 bridgehead atoms. The third kappa shape index (κ3) is 2.01. The van der Waals surface area contributed by atoms with Gasteiger partial charge < -0.3 is 11.5 Å². The zero-order valence-electron chi connectivity index (χ0n) is 9.01. The third-order valence-corrected chi connectivity index (χ3v) is 2.91. The van der Waals surface area contributed by atoms with E-state index in [1.54, 1.807) is 25.4 Å². The van der Waals surface area contributed by atoms with Crippen molar-refractivity contribution >= 4 is 27.7 Å². The van der Waals surface area contributed by atoms with Gasteiger partial charge in [0, 0.05) is 12.4 Å². The normalized spacial score (nSPS) is 10.5. The van der Waals surface area contributed by atoms with E-state index >= 15 is 0 Å². The van der Waals surface area contributed by atoms with E-state index in [9.17, 15) is 4.79 Å². The second kappa shape index (κ2) is 4.17. The molecule has 0 aromatic carbocycles. The van der Waals surface area contributed by atoms with E-state index in [0.717, 1.165) is 5.56 Å². The number of rotatable bonds is 2. The summed E-state index contributed by atoms with van der Waals surface area (Å²) < 4.78 is 2.06. The predicted molar refractivity (Wildman–Crippen MR) is 66.7 cm³/mol. The molecule has 6 nitrogen and oxygen atoms in total. The third-order valence-electron chi connectivity index (χ3n) is 2.30. The van der Waals surface area contributed by atoms with Crippen LogP contribution >= 0.6 is 15.9 Å². The van der Waals surface area contributed by atoms with Gasteiger partial charge in [0.05, 0.1) is 10.0 Å². The molecule has 0 saturated carbocycles. The molecule has 0 spiro atoms. The maximum absolute atomic E-state index is 11.4. The molecular weight excluding hydrogens is 286 g/mol. The Bertz CT molecular complexity index is 573. The number of amides is 1. The van der Waals surface area contributed by atoms with E-state index in [1.165, 1.54) is 4.68 Å². The van der Waals surface area contributed by atoms with E-state index in [2.05, 4.69) is 26.0 Å². The SMILES string of the molecule is Cc1ccnc(-n2cc(Br)c(N)n2)c1C(N)=O. The first kappa shape index (κ1) is 11.6. The van der Waals surface area contributed by atoms with Gasteiger partial charge >= 0.3 is 0 Å². The number of hydrogen-bond acceptors (Lipinski definition) is 4. The molecule has 4 N–H and O–H groups in total. The van der Waals surface area contributed by atoms with Gasteiger partial charge in [0.15, 0.2) is 11.6 Å². The Hall–Kier alpha value is -1.89. The van der Waals surface area contributed by atoms with Gasteiger partial charge in [0.2, 0.25) is 0 Å². The maximum atomic E-state index is 11.4. The van der Waals surface area contributed by atoms with Crippen molar-refractivity contribution < 1.29 is 4.79 Å². The van der Waals surface area contributed by atoms with Crippen LogP contribution in [0.1, 0.15) is 15.9 Å². The molecule has 0 aliphatic rings. The van der Waals surface area contributed by atoms with Crippen molar-refractivity contribution in [3.63, 3.8) is 0 Å². The zero-order chi connectivity index (χ0) is 12.6. The zero-order valence-corrected chi connectivity index (χ0v) is 10.6. The number of halogens is 1. The number of nitrogens with two attached hydrogens (primary N) is 2. The molecule has 1 amide bonds. The number of primary amides is 1. The van der Waals surface area contributed by atoms with Gasteiger partial charge in [0.1, 0.15) is 0 Å². The van der Waals surface area contributed by atoms with E-state index in [0.29, 0.717) is 21.7 Å². The van der Waals surface area contributed by atoms with E-state index in [-0.39, 0.29) is 0 Å². The molecule has 0 saturated heterocycles. The Labute approximate surface area is 106 Å². The summed E-state index contributed by atoms with van der Waals surface area (Å²) in [5.74, 6) is 0.148. The summed E-state index contributed by atoms with van der Waals surface area (Å²) in [6.45, 7) is 1.78. The first-order valence-electron chi connectivity index (χ1n) is 4.77. The molecule has 17 heavy (non-hydrogen) atoms. The average Bonchev–Trinajstić information content (AvgIpc) is 2.58. The van der Waals surface area contributed by atoms with E-state index < -0.39 is 5.91 Å². The highest BCUT2D eigenvalue weighted by molar-refractivity contribution is 9.10. The highest BCUT2D eigenvalue weighted by Gasteiger charge is 2.16. The first-order valence-corrected chi connectivity index (χ1v) is 5.56. The van der Waals surface area contributed by atoms with E-state index in [4.69, 9.17) is 11.5 Å². The summed E-state index contributed by atoms with van der Waals surface area (Å²) in [5.41, 5.74) is 12.0. The number of anilines is 1. The largest absolute Gasteiger partial charge is 0.381 e. The summed E-state index contributed by atoms with van der Waals surface area (Å²) in [4.78, 5) is 15.5. The van der Waals surface area contributed by atoms with Crippen LogP contribution in [-0.4, -0.2) is 20.7 Å². The van der Waals surface area contributed by atoms with Crippen molar-refractivity contribution in [2.24, 2.45) is 5.73 Å². The Morgan fingerprint density at radius 2 is 2.24 bits per heavy atom. The van der Waals surface area contributed by atoms with Gasteiger partial charge in [-0.05, 0) is 34.5 Å². The molecule has 88 valence electrons. The van der Waals surface area contributed by atoms with Crippen LogP contribution in [0.4, 0.5) is 5.82 Å². The quantitative estimate of drug-likeness (QED) is 0.864. The molecule has 2 aromatic rings. The molecule has 7 heteroatoms. The molecular formula is C10H10BrN5O. The molecule has 0 aliphatic carbocycles. The lowest BCUT2D eigenvalue weighted by atomic mass is 10.1. The molecule has 0 atom stereocenters. The topological polar surface area (TPSA) is 99.8 Å². The fourth-order valence-electron chi connectivity index (χ4n) is 1.50. The molecule has 0 unspecified atom stereocenters. The number of carbonyl (C=O) groups excluding carboxylic acids is 1. The molecule has 2 aromatic heterocycles. The van der Waals surface area contributed by atoms with Crippen LogP contribution in [0.25, 0.3) is 5.82 Å². The Kier molecular flexibility index (Phi) is 2.84. The fraction of sp³-hybridized carbons (Fsp3) is 0.100. The average molecular weight is 296 g/mol. The van der Waals surface area contributed by atoms with Crippen LogP contribution in [0.5, 0.6) is 0 Å². The Balaban J connectivity index is 2.67. The molecule has 0 fully saturated rings. The molecule has 0 aliphatic heterocycles. The van der Waals surface area contributed by atoms with E-state index in [1.807, 2.05) is 0 Å². The van der Waals surface area contributed by atoms with Crippen molar-refractivity contribution in [2.75, 3.05) is 5.73 Å². The minimum atomic E-state index is -0.546. The van der Waals surface area contributed by atoms with Gasteiger partial charge in [-0.25, -0.2) is 9.67 Å². The lowest BCUT2D eigenvalue weighted by molar-refractivity contribution is 0.0999. The summed E-state index contributed by atoms with van der Waals surface area (Å²) in [6, 6.07) is 1.71. The second-order valence-electron chi connectivity index (χ2n) is 3.50. The van der Waals surface area contributed by atoms with Crippen LogP contribution in [0.2, 0.25) is 0 Å². The minimum absolute atomic E-state index is 0.323. The number of nitrogens with zero attached hydrogens (tertiary/aromatic N) is 3. The van der Waals surface area contributed by atoms with Crippen molar-refractivity contribution in [2.45, 2.75) is 6.92 Å². The van der Waals surface area contributed by atoms with Crippen LogP contribution in [-0.2, 0) is 0 Å². The number of hydrogen-bond donors (Lipinski definition) is 2. The Morgan fingerprint density at radius 1 is 1.53 bits per heavy atom. The number of carbonyl (C=O) groups is 1. The van der Waals surface area contributed by atoms with Crippen LogP contribution in [0, 0.1) is 6.92 Å². The summed E-state index contributed by atoms with van der Waals surface area (Å²) >= 11 is 3.24. The van der Waals surface area contributed by atoms with Crippen LogP contribution in [0.3, 0.4) is 0 Å². The lowest BCUT2D eigenvalue weighted by Gasteiger charge is -2.07. The van der Waals surface area contributed by atoms with Gasteiger partial charge in [-0.15, -0.1) is 5.10 Å². The number of aromatic nitrogens is 3. The first-order chi connectivity index (χ1) is 8.00. The highest BCUT2D eigenvalue weighted by atomic mass is 79.9. The highest BCUT2D eigenvalue weighted by Crippen LogP contribution is 2.21. The monoisotopic (exact) mass is 295 g/mol. The van der Waals surface area contributed by atoms with Crippen LogP contribution < -0.4 is 11.5 Å². The van der Waals surface area contributed by atoms with Gasteiger partial charge in [-0.1, -0.05) is 0 Å². The lowest BCUT2D eigenvalue weighted by Crippen LogP contribution is -2.17. The van der Waals surface area contributed by atoms with Gasteiger partial charge in [-0.3, -0.25) is 4.79 Å². The van der Waals surface area contributed by atoms with Gasteiger partial charge in [-0.2, -0.15) is 0 Å². The van der Waals surface area contributed by atoms with Crippen molar-refractivity contribution in [3.8, 4) is 5.82 Å². The van der Waals surface area contributed by atoms with Crippen LogP contribution in [0.15, 0.2) is 22.9 Å². The van der Waals surface area contributed by atoms with Crippen molar-refractivity contribution in [1.82, 2.24) is 14.8 Å². The number of pyridine rings is 1. The second-order valence-corrected chi connectivity index (χ2v) is 4.35. The fourth-order valence-corrected chi connectivity index (χ4v) is 1.77. The predicted octanol–water partition coefficient (Wildman–Crippen LogP) is 1.02. The maximum Gasteiger partial charge on any atom is 0.252 e. The molecule has 2 rings (SSSR count). The number of nitrogen functional groups attached to an aromatic ring is 1. The number of aryl methyl sites for hydroxylation is 1. The minimum Gasteiger partial charge on any atom is -0.381 e.